The van der Waals surface area contributed by atoms with E-state index in [-0.39, 0.29) is 16.9 Å². The Morgan fingerprint density at radius 2 is 1.94 bits per heavy atom. The number of para-hydroxylation sites is 2. The number of piperidine rings is 1. The van der Waals surface area contributed by atoms with E-state index in [1.165, 1.54) is 44.3 Å². The van der Waals surface area contributed by atoms with Gasteiger partial charge in [-0.1, -0.05) is 12.1 Å². The fourth-order valence-corrected chi connectivity index (χ4v) is 8.75. The van der Waals surface area contributed by atoms with E-state index in [9.17, 15) is 4.79 Å². The Morgan fingerprint density at radius 1 is 1.17 bits per heavy atom. The smallest absolute Gasteiger partial charge is 0.332 e. The topological polar surface area (TPSA) is 83.9 Å². The Balaban J connectivity index is 1.18. The average Bonchev–Trinajstić information content (AvgIpc) is 3.46. The number of nitrogens with one attached hydrogen (secondary N) is 3. The minimum absolute atomic E-state index is 0.0888. The number of aromatic amines is 1. The standard InChI is InChI=1S/C27H34BrN7O/c28-24-29-18-35(32-24)27-15-19-12-20(16-27)14-26(13-19,17-27)23(36)31-25-30-21-6-2-3-7-22(21)34(25)11-10-33-8-4-1-5-9-33/h2-3,6-7,18-20H,1,4-5,8-17H2,(H,30,31,36)/p+2. The SMILES string of the molecule is O=C(Nc1[nH]c2ccccc2[n+]1CC[NH+]1CCCCC1)C12CC3CC(C1)CC(n1cnc(Br)n1)(C3)C2. The number of nitrogens with zero attached hydrogens (tertiary/aromatic N) is 4. The predicted octanol–water partition coefficient (Wildman–Crippen LogP) is 2.81. The molecular weight excluding hydrogens is 518 g/mol. The molecule has 8 rings (SSSR count). The van der Waals surface area contributed by atoms with Crippen LogP contribution in [0.4, 0.5) is 5.95 Å². The molecule has 8 nitrogen and oxygen atoms in total. The molecule has 2 aromatic heterocycles. The molecule has 2 unspecified atom stereocenters. The number of imidazole rings is 1. The number of quaternary nitrogens is 1. The summed E-state index contributed by atoms with van der Waals surface area (Å²) in [6, 6.07) is 8.42. The third-order valence-corrected chi connectivity index (χ3v) is 10.0. The summed E-state index contributed by atoms with van der Waals surface area (Å²) in [5, 5.41) is 8.09. The summed E-state index contributed by atoms with van der Waals surface area (Å²) >= 11 is 3.44. The van der Waals surface area contributed by atoms with Gasteiger partial charge in [-0.3, -0.25) is 4.79 Å². The van der Waals surface area contributed by atoms with Crippen molar-refractivity contribution in [2.75, 3.05) is 25.0 Å². The number of rotatable bonds is 6. The van der Waals surface area contributed by atoms with Gasteiger partial charge in [0.25, 0.3) is 5.91 Å². The monoisotopic (exact) mass is 553 g/mol. The van der Waals surface area contributed by atoms with Crippen molar-refractivity contribution in [3.8, 4) is 0 Å². The molecule has 1 aromatic carbocycles. The Bertz CT molecular complexity index is 1280. The zero-order valence-corrected chi connectivity index (χ0v) is 22.4. The lowest BCUT2D eigenvalue weighted by molar-refractivity contribution is -0.921. The molecule has 36 heavy (non-hydrogen) atoms. The molecule has 5 fully saturated rings. The van der Waals surface area contributed by atoms with Gasteiger partial charge in [-0.25, -0.2) is 24.5 Å². The Morgan fingerprint density at radius 3 is 2.69 bits per heavy atom. The van der Waals surface area contributed by atoms with Gasteiger partial charge in [-0.05, 0) is 97.7 Å². The highest BCUT2D eigenvalue weighted by atomic mass is 79.9. The first-order chi connectivity index (χ1) is 17.5. The largest absolute Gasteiger partial charge is 0.363 e. The highest BCUT2D eigenvalue weighted by Crippen LogP contribution is 2.64. The molecule has 3 aromatic rings. The summed E-state index contributed by atoms with van der Waals surface area (Å²) < 4.78 is 5.01. The first-order valence-electron chi connectivity index (χ1n) is 13.8. The molecule has 9 heteroatoms. The fourth-order valence-electron chi connectivity index (χ4n) is 8.49. The van der Waals surface area contributed by atoms with Gasteiger partial charge < -0.3 is 4.90 Å². The van der Waals surface area contributed by atoms with E-state index in [1.54, 1.807) is 4.90 Å². The zero-order valence-electron chi connectivity index (χ0n) is 20.8. The van der Waals surface area contributed by atoms with Crippen molar-refractivity contribution >= 4 is 38.8 Å². The Kier molecular flexibility index (Phi) is 5.50. The minimum Gasteiger partial charge on any atom is -0.332 e. The van der Waals surface area contributed by atoms with Crippen molar-refractivity contribution in [1.29, 1.82) is 0 Å². The van der Waals surface area contributed by atoms with Gasteiger partial charge in [0.1, 0.15) is 30.5 Å². The Hall–Kier alpha value is -2.26. The van der Waals surface area contributed by atoms with Gasteiger partial charge in [-0.2, -0.15) is 0 Å². The van der Waals surface area contributed by atoms with Crippen molar-refractivity contribution in [2.45, 2.75) is 69.9 Å². The lowest BCUT2D eigenvalue weighted by Gasteiger charge is -2.60. The summed E-state index contributed by atoms with van der Waals surface area (Å²) in [5.41, 5.74) is 1.82. The summed E-state index contributed by atoms with van der Waals surface area (Å²) in [4.78, 5) is 23.8. The zero-order chi connectivity index (χ0) is 24.3. The summed E-state index contributed by atoms with van der Waals surface area (Å²) in [6.45, 7) is 4.52. The van der Waals surface area contributed by atoms with E-state index >= 15 is 0 Å². The van der Waals surface area contributed by atoms with E-state index in [0.717, 1.165) is 56.7 Å². The van der Waals surface area contributed by atoms with Gasteiger partial charge in [0.2, 0.25) is 4.73 Å². The van der Waals surface area contributed by atoms with Crippen LogP contribution in [0.15, 0.2) is 35.3 Å². The van der Waals surface area contributed by atoms with E-state index in [2.05, 4.69) is 69.8 Å². The number of hydrogen-bond acceptors (Lipinski definition) is 3. The quantitative estimate of drug-likeness (QED) is 0.410. The first-order valence-corrected chi connectivity index (χ1v) is 14.5. The number of aromatic nitrogens is 5. The van der Waals surface area contributed by atoms with Crippen molar-refractivity contribution < 1.29 is 14.3 Å². The molecule has 3 N–H and O–H groups in total. The first kappa shape index (κ1) is 22.9. The van der Waals surface area contributed by atoms with Crippen LogP contribution in [0.5, 0.6) is 0 Å². The molecule has 190 valence electrons. The molecule has 5 aliphatic rings. The number of carbonyl (C=O) groups excluding carboxylic acids is 1. The number of amides is 1. The second-order valence-electron chi connectivity index (χ2n) is 12.1. The van der Waals surface area contributed by atoms with Crippen molar-refractivity contribution in [3.05, 3.63) is 35.3 Å². The van der Waals surface area contributed by atoms with E-state index < -0.39 is 0 Å². The van der Waals surface area contributed by atoms with Crippen LogP contribution >= 0.6 is 15.9 Å². The van der Waals surface area contributed by atoms with E-state index in [1.807, 2.05) is 6.33 Å². The molecular formula is C27H36BrN7O+2. The minimum atomic E-state index is -0.338. The highest BCUT2D eigenvalue weighted by Gasteiger charge is 2.62. The van der Waals surface area contributed by atoms with Crippen molar-refractivity contribution in [3.63, 3.8) is 0 Å². The number of likely N-dealkylation sites (tertiary alicyclic amines) is 1. The van der Waals surface area contributed by atoms with Crippen LogP contribution in [0.2, 0.25) is 0 Å². The van der Waals surface area contributed by atoms with Gasteiger partial charge in [0, 0.05) is 0 Å². The van der Waals surface area contributed by atoms with Crippen LogP contribution in [0.25, 0.3) is 11.0 Å². The fraction of sp³-hybridized carbons (Fsp3) is 0.630. The molecule has 4 bridgehead atoms. The summed E-state index contributed by atoms with van der Waals surface area (Å²) in [5.74, 6) is 2.19. The average molecular weight is 555 g/mol. The number of carbonyl (C=O) groups is 1. The lowest BCUT2D eigenvalue weighted by atomic mass is 9.46. The van der Waals surface area contributed by atoms with Gasteiger partial charge in [0.15, 0.2) is 0 Å². The third kappa shape index (κ3) is 3.81. The number of benzene rings is 1. The van der Waals surface area contributed by atoms with E-state index in [4.69, 9.17) is 0 Å². The Labute approximate surface area is 220 Å². The van der Waals surface area contributed by atoms with Crippen molar-refractivity contribution in [1.82, 2.24) is 19.7 Å². The normalized spacial score (nSPS) is 31.8. The third-order valence-electron chi connectivity index (χ3n) is 9.66. The predicted molar refractivity (Wildman–Crippen MR) is 139 cm³/mol. The number of fused-ring (bicyclic) bond motifs is 1. The van der Waals surface area contributed by atoms with Crippen LogP contribution in [0, 0.1) is 17.3 Å². The molecule has 0 radical (unpaired) electrons. The molecule has 3 heterocycles. The molecule has 4 saturated carbocycles. The molecule has 4 aliphatic carbocycles. The maximum atomic E-state index is 14.2. The second-order valence-corrected chi connectivity index (χ2v) is 12.8. The number of hydrogen-bond donors (Lipinski definition) is 3. The number of anilines is 1. The van der Waals surface area contributed by atoms with E-state index in [0.29, 0.717) is 16.6 Å². The lowest BCUT2D eigenvalue weighted by Crippen LogP contribution is -3.13. The molecule has 1 saturated heterocycles. The van der Waals surface area contributed by atoms with Gasteiger partial charge in [0.05, 0.1) is 24.0 Å². The molecule has 0 spiro atoms. The van der Waals surface area contributed by atoms with Crippen LogP contribution < -0.4 is 14.8 Å². The van der Waals surface area contributed by atoms with Gasteiger partial charge in [-0.15, -0.1) is 5.10 Å². The molecule has 1 amide bonds. The highest BCUT2D eigenvalue weighted by molar-refractivity contribution is 9.10. The van der Waals surface area contributed by atoms with Gasteiger partial charge >= 0.3 is 5.95 Å². The maximum absolute atomic E-state index is 14.2. The van der Waals surface area contributed by atoms with Crippen LogP contribution in [0.1, 0.15) is 57.8 Å². The number of halogens is 1. The maximum Gasteiger partial charge on any atom is 0.363 e. The van der Waals surface area contributed by atoms with Crippen LogP contribution in [-0.2, 0) is 16.9 Å². The second kappa shape index (κ2) is 8.65. The summed E-state index contributed by atoms with van der Waals surface area (Å²) in [6.07, 6.45) is 12.2. The van der Waals surface area contributed by atoms with Crippen LogP contribution in [0.3, 0.4) is 0 Å². The van der Waals surface area contributed by atoms with Crippen LogP contribution in [-0.4, -0.2) is 45.3 Å². The molecule has 2 atom stereocenters. The summed E-state index contributed by atoms with van der Waals surface area (Å²) in [7, 11) is 0. The molecule has 1 aliphatic heterocycles. The number of H-pyrrole nitrogens is 1. The van der Waals surface area contributed by atoms with Crippen molar-refractivity contribution in [2.24, 2.45) is 17.3 Å².